The number of ketones is 1. The standard InChI is InChI=1S/C9H10BrNOS/c1-5(10)9(12)6-2-7(11)4-8(13)3-6/h2-5,13H,11H2,1H3. The maximum atomic E-state index is 11.5. The van der Waals surface area contributed by atoms with Crippen LogP contribution in [0.5, 0.6) is 0 Å². The topological polar surface area (TPSA) is 43.1 Å². The van der Waals surface area contributed by atoms with Gasteiger partial charge in [0.05, 0.1) is 4.83 Å². The Labute approximate surface area is 91.1 Å². The van der Waals surface area contributed by atoms with E-state index in [0.717, 1.165) is 0 Å². The highest BCUT2D eigenvalue weighted by Gasteiger charge is 2.12. The predicted molar refractivity (Wildman–Crippen MR) is 60.8 cm³/mol. The summed E-state index contributed by atoms with van der Waals surface area (Å²) in [5, 5.41) is 0. The zero-order chi connectivity index (χ0) is 10.0. The third kappa shape index (κ3) is 2.74. The number of rotatable bonds is 2. The van der Waals surface area contributed by atoms with Crippen molar-refractivity contribution in [2.24, 2.45) is 0 Å². The molecule has 13 heavy (non-hydrogen) atoms. The summed E-state index contributed by atoms with van der Waals surface area (Å²) in [6.07, 6.45) is 0. The Kier molecular flexibility index (Phi) is 3.39. The van der Waals surface area contributed by atoms with Gasteiger partial charge in [0.2, 0.25) is 0 Å². The van der Waals surface area contributed by atoms with Crippen molar-refractivity contribution in [1.82, 2.24) is 0 Å². The smallest absolute Gasteiger partial charge is 0.176 e. The van der Waals surface area contributed by atoms with Gasteiger partial charge in [-0.25, -0.2) is 0 Å². The van der Waals surface area contributed by atoms with Gasteiger partial charge in [-0.3, -0.25) is 4.79 Å². The van der Waals surface area contributed by atoms with Gasteiger partial charge >= 0.3 is 0 Å². The second-order valence-corrected chi connectivity index (χ2v) is 4.68. The molecule has 0 saturated heterocycles. The molecule has 0 radical (unpaired) electrons. The highest BCUT2D eigenvalue weighted by atomic mass is 79.9. The number of nitrogen functional groups attached to an aromatic ring is 1. The number of nitrogens with two attached hydrogens (primary N) is 1. The largest absolute Gasteiger partial charge is 0.399 e. The van der Waals surface area contributed by atoms with Gasteiger partial charge in [-0.15, -0.1) is 12.6 Å². The first-order valence-electron chi connectivity index (χ1n) is 3.78. The average molecular weight is 260 g/mol. The van der Waals surface area contributed by atoms with E-state index in [9.17, 15) is 4.79 Å². The van der Waals surface area contributed by atoms with Gasteiger partial charge in [-0.1, -0.05) is 15.9 Å². The quantitative estimate of drug-likeness (QED) is 0.371. The van der Waals surface area contributed by atoms with Crippen LogP contribution in [0.3, 0.4) is 0 Å². The Hall–Kier alpha value is -0.480. The van der Waals surface area contributed by atoms with E-state index in [1.54, 1.807) is 25.1 Å². The van der Waals surface area contributed by atoms with E-state index in [1.165, 1.54) is 0 Å². The van der Waals surface area contributed by atoms with Crippen LogP contribution in [0, 0.1) is 0 Å². The Morgan fingerprint density at radius 3 is 2.62 bits per heavy atom. The van der Waals surface area contributed by atoms with E-state index in [1.807, 2.05) is 0 Å². The van der Waals surface area contributed by atoms with E-state index in [0.29, 0.717) is 16.1 Å². The Morgan fingerprint density at radius 2 is 2.15 bits per heavy atom. The molecular weight excluding hydrogens is 250 g/mol. The van der Waals surface area contributed by atoms with Crippen LogP contribution in [0.15, 0.2) is 23.1 Å². The summed E-state index contributed by atoms with van der Waals surface area (Å²) in [6, 6.07) is 5.07. The molecule has 4 heteroatoms. The minimum Gasteiger partial charge on any atom is -0.399 e. The molecule has 0 aromatic heterocycles. The number of carbonyl (C=O) groups excluding carboxylic acids is 1. The highest BCUT2D eigenvalue weighted by Crippen LogP contribution is 2.18. The first-order valence-corrected chi connectivity index (χ1v) is 5.15. The molecule has 1 atom stereocenters. The van der Waals surface area contributed by atoms with Gasteiger partial charge in [0.25, 0.3) is 0 Å². The molecule has 0 aliphatic heterocycles. The monoisotopic (exact) mass is 259 g/mol. The molecule has 70 valence electrons. The van der Waals surface area contributed by atoms with Gasteiger partial charge in [-0.2, -0.15) is 0 Å². The summed E-state index contributed by atoms with van der Waals surface area (Å²) in [6.45, 7) is 1.78. The van der Waals surface area contributed by atoms with Crippen LogP contribution in [0.4, 0.5) is 5.69 Å². The number of carbonyl (C=O) groups is 1. The van der Waals surface area contributed by atoms with Crippen molar-refractivity contribution in [3.8, 4) is 0 Å². The van der Waals surface area contributed by atoms with Crippen LogP contribution in [0.25, 0.3) is 0 Å². The van der Waals surface area contributed by atoms with Crippen molar-refractivity contribution in [3.05, 3.63) is 23.8 Å². The zero-order valence-corrected chi connectivity index (χ0v) is 9.60. The zero-order valence-electron chi connectivity index (χ0n) is 7.12. The molecule has 1 rings (SSSR count). The van der Waals surface area contributed by atoms with Gasteiger partial charge in [0.1, 0.15) is 0 Å². The van der Waals surface area contributed by atoms with Crippen molar-refractivity contribution in [2.75, 3.05) is 5.73 Å². The fourth-order valence-corrected chi connectivity index (χ4v) is 1.56. The van der Waals surface area contributed by atoms with Crippen LogP contribution < -0.4 is 5.73 Å². The molecule has 0 fully saturated rings. The lowest BCUT2D eigenvalue weighted by Crippen LogP contribution is -2.10. The van der Waals surface area contributed by atoms with Gasteiger partial charge < -0.3 is 5.73 Å². The third-order valence-electron chi connectivity index (χ3n) is 1.59. The molecule has 0 heterocycles. The lowest BCUT2D eigenvalue weighted by molar-refractivity contribution is 0.0995. The molecule has 0 amide bonds. The summed E-state index contributed by atoms with van der Waals surface area (Å²) in [5.74, 6) is 0.0163. The van der Waals surface area contributed by atoms with Crippen molar-refractivity contribution in [1.29, 1.82) is 0 Å². The molecule has 0 bridgehead atoms. The molecule has 1 aromatic rings. The summed E-state index contributed by atoms with van der Waals surface area (Å²) in [5.41, 5.74) is 6.73. The van der Waals surface area contributed by atoms with Crippen LogP contribution in [-0.4, -0.2) is 10.6 Å². The lowest BCUT2D eigenvalue weighted by atomic mass is 10.1. The molecule has 2 N–H and O–H groups in total. The summed E-state index contributed by atoms with van der Waals surface area (Å²) >= 11 is 7.35. The minimum absolute atomic E-state index is 0.0163. The summed E-state index contributed by atoms with van der Waals surface area (Å²) < 4.78 is 0. The molecular formula is C9H10BrNOS. The van der Waals surface area contributed by atoms with Crippen molar-refractivity contribution in [2.45, 2.75) is 16.6 Å². The number of anilines is 1. The molecule has 0 saturated carbocycles. The number of hydrogen-bond acceptors (Lipinski definition) is 3. The molecule has 1 aromatic carbocycles. The maximum Gasteiger partial charge on any atom is 0.176 e. The van der Waals surface area contributed by atoms with Crippen LogP contribution >= 0.6 is 28.6 Å². The number of hydrogen-bond donors (Lipinski definition) is 2. The SMILES string of the molecule is CC(Br)C(=O)c1cc(N)cc(S)c1. The van der Waals surface area contributed by atoms with Crippen molar-refractivity contribution < 1.29 is 4.79 Å². The van der Waals surface area contributed by atoms with Gasteiger partial charge in [0.15, 0.2) is 5.78 Å². The van der Waals surface area contributed by atoms with Crippen molar-refractivity contribution >= 4 is 40.0 Å². The first-order chi connectivity index (χ1) is 6.00. The first kappa shape index (κ1) is 10.6. The fourth-order valence-electron chi connectivity index (χ4n) is 1.01. The number of halogens is 1. The van der Waals surface area contributed by atoms with E-state index in [4.69, 9.17) is 5.73 Å². The number of alkyl halides is 1. The lowest BCUT2D eigenvalue weighted by Gasteiger charge is -2.04. The Bertz CT molecular complexity index is 318. The Morgan fingerprint density at radius 1 is 1.54 bits per heavy atom. The normalized spacial score (nSPS) is 12.5. The molecule has 0 spiro atoms. The second kappa shape index (κ2) is 4.15. The average Bonchev–Trinajstić information content (AvgIpc) is 2.01. The molecule has 2 nitrogen and oxygen atoms in total. The highest BCUT2D eigenvalue weighted by molar-refractivity contribution is 9.10. The second-order valence-electron chi connectivity index (χ2n) is 2.79. The fraction of sp³-hybridized carbons (Fsp3) is 0.222. The van der Waals surface area contributed by atoms with Crippen molar-refractivity contribution in [3.63, 3.8) is 0 Å². The molecule has 0 aliphatic rings. The number of Topliss-reactive ketones (excluding diaryl/α,β-unsaturated/α-hetero) is 1. The number of benzene rings is 1. The number of thiol groups is 1. The van der Waals surface area contributed by atoms with E-state index >= 15 is 0 Å². The summed E-state index contributed by atoms with van der Waals surface area (Å²) in [4.78, 5) is 12.0. The van der Waals surface area contributed by atoms with Gasteiger partial charge in [-0.05, 0) is 25.1 Å². The van der Waals surface area contributed by atoms with Crippen LogP contribution in [0.1, 0.15) is 17.3 Å². The Balaban J connectivity index is 3.08. The van der Waals surface area contributed by atoms with Gasteiger partial charge in [0, 0.05) is 16.1 Å². The molecule has 1 unspecified atom stereocenters. The third-order valence-corrected chi connectivity index (χ3v) is 2.26. The van der Waals surface area contributed by atoms with E-state index < -0.39 is 0 Å². The van der Waals surface area contributed by atoms with Crippen LogP contribution in [-0.2, 0) is 0 Å². The molecule has 0 aliphatic carbocycles. The van der Waals surface area contributed by atoms with E-state index in [2.05, 4.69) is 28.6 Å². The predicted octanol–water partition coefficient (Wildman–Crippen LogP) is 2.52. The minimum atomic E-state index is -0.193. The van der Waals surface area contributed by atoms with Crippen LogP contribution in [0.2, 0.25) is 0 Å². The summed E-state index contributed by atoms with van der Waals surface area (Å²) in [7, 11) is 0. The van der Waals surface area contributed by atoms with E-state index in [-0.39, 0.29) is 10.6 Å². The maximum absolute atomic E-state index is 11.5.